The number of benzene rings is 1. The first-order valence-corrected chi connectivity index (χ1v) is 7.91. The Kier molecular flexibility index (Phi) is 5.28. The fourth-order valence-electron chi connectivity index (χ4n) is 2.48. The van der Waals surface area contributed by atoms with Crippen LogP contribution in [0.4, 0.5) is 0 Å². The third-order valence-corrected chi connectivity index (χ3v) is 3.72. The van der Waals surface area contributed by atoms with Crippen molar-refractivity contribution in [2.75, 3.05) is 26.4 Å². The predicted molar refractivity (Wildman–Crippen MR) is 88.2 cm³/mol. The van der Waals surface area contributed by atoms with Crippen molar-refractivity contribution in [3.8, 4) is 17.4 Å². The van der Waals surface area contributed by atoms with Gasteiger partial charge < -0.3 is 19.1 Å². The summed E-state index contributed by atoms with van der Waals surface area (Å²) in [7, 11) is 0. The number of amides is 1. The minimum atomic E-state index is -0.0400. The standard InChI is InChI=1S/C18H20N2O4/c1-14-12-22-10-9-20(14)18(21)13-23-15-5-4-6-16(11-15)24-17-7-2-3-8-19-17/h2-8,11,14H,9-10,12-13H2,1H3. The van der Waals surface area contributed by atoms with Crippen molar-refractivity contribution >= 4 is 5.91 Å². The molecule has 126 valence electrons. The minimum absolute atomic E-state index is 0.00260. The molecule has 2 heterocycles. The summed E-state index contributed by atoms with van der Waals surface area (Å²) in [4.78, 5) is 18.2. The number of hydrogen-bond acceptors (Lipinski definition) is 5. The molecule has 1 fully saturated rings. The first-order chi connectivity index (χ1) is 11.7. The number of hydrogen-bond donors (Lipinski definition) is 0. The average molecular weight is 328 g/mol. The van der Waals surface area contributed by atoms with Gasteiger partial charge in [-0.25, -0.2) is 4.98 Å². The summed E-state index contributed by atoms with van der Waals surface area (Å²) < 4.78 is 16.6. The minimum Gasteiger partial charge on any atom is -0.484 e. The SMILES string of the molecule is CC1COCCN1C(=O)COc1cccc(Oc2ccccn2)c1. The van der Waals surface area contributed by atoms with Crippen LogP contribution in [0.2, 0.25) is 0 Å². The molecular formula is C18H20N2O4. The van der Waals surface area contributed by atoms with Gasteiger partial charge in [0.05, 0.1) is 19.3 Å². The highest BCUT2D eigenvalue weighted by Crippen LogP contribution is 2.23. The third-order valence-electron chi connectivity index (χ3n) is 3.72. The summed E-state index contributed by atoms with van der Waals surface area (Å²) in [5.41, 5.74) is 0. The van der Waals surface area contributed by atoms with Gasteiger partial charge in [-0.2, -0.15) is 0 Å². The molecule has 1 aromatic carbocycles. The Hall–Kier alpha value is -2.60. The molecule has 3 rings (SSSR count). The molecule has 6 heteroatoms. The largest absolute Gasteiger partial charge is 0.484 e. The van der Waals surface area contributed by atoms with Gasteiger partial charge in [0.15, 0.2) is 6.61 Å². The second-order valence-electron chi connectivity index (χ2n) is 5.54. The van der Waals surface area contributed by atoms with E-state index < -0.39 is 0 Å². The van der Waals surface area contributed by atoms with E-state index in [0.29, 0.717) is 37.1 Å². The van der Waals surface area contributed by atoms with E-state index in [1.165, 1.54) is 0 Å². The van der Waals surface area contributed by atoms with E-state index >= 15 is 0 Å². The van der Waals surface area contributed by atoms with Gasteiger partial charge >= 0.3 is 0 Å². The smallest absolute Gasteiger partial charge is 0.260 e. The zero-order chi connectivity index (χ0) is 16.8. The van der Waals surface area contributed by atoms with Crippen LogP contribution >= 0.6 is 0 Å². The lowest BCUT2D eigenvalue weighted by atomic mass is 10.2. The Labute approximate surface area is 141 Å². The second-order valence-corrected chi connectivity index (χ2v) is 5.54. The van der Waals surface area contributed by atoms with E-state index in [1.807, 2.05) is 31.2 Å². The lowest BCUT2D eigenvalue weighted by molar-refractivity contribution is -0.141. The van der Waals surface area contributed by atoms with Crippen LogP contribution in [0.25, 0.3) is 0 Å². The predicted octanol–water partition coefficient (Wildman–Crippen LogP) is 2.50. The van der Waals surface area contributed by atoms with Crippen molar-refractivity contribution < 1.29 is 19.0 Å². The molecule has 1 aliphatic rings. The Morgan fingerprint density at radius 1 is 1.29 bits per heavy atom. The van der Waals surface area contributed by atoms with Gasteiger partial charge in [-0.1, -0.05) is 12.1 Å². The first-order valence-electron chi connectivity index (χ1n) is 7.91. The molecule has 24 heavy (non-hydrogen) atoms. The number of carbonyl (C=O) groups excluding carboxylic acids is 1. The maximum atomic E-state index is 12.3. The number of aromatic nitrogens is 1. The van der Waals surface area contributed by atoms with Crippen molar-refractivity contribution in [1.82, 2.24) is 9.88 Å². The van der Waals surface area contributed by atoms with Crippen LogP contribution in [0.5, 0.6) is 17.4 Å². The highest BCUT2D eigenvalue weighted by molar-refractivity contribution is 5.78. The first kappa shape index (κ1) is 16.3. The van der Waals surface area contributed by atoms with Crippen molar-refractivity contribution in [3.63, 3.8) is 0 Å². The Morgan fingerprint density at radius 3 is 2.96 bits per heavy atom. The normalized spacial score (nSPS) is 17.4. The van der Waals surface area contributed by atoms with Crippen molar-refractivity contribution in [2.45, 2.75) is 13.0 Å². The van der Waals surface area contributed by atoms with Gasteiger partial charge in [-0.05, 0) is 25.1 Å². The molecule has 1 aromatic heterocycles. The highest BCUT2D eigenvalue weighted by Gasteiger charge is 2.23. The molecule has 0 saturated carbocycles. The summed E-state index contributed by atoms with van der Waals surface area (Å²) >= 11 is 0. The molecule has 2 aromatic rings. The number of morpholine rings is 1. The van der Waals surface area contributed by atoms with Crippen molar-refractivity contribution in [2.24, 2.45) is 0 Å². The van der Waals surface area contributed by atoms with Crippen LogP contribution in [0.15, 0.2) is 48.7 Å². The molecule has 1 aliphatic heterocycles. The molecule has 1 saturated heterocycles. The maximum absolute atomic E-state index is 12.3. The monoisotopic (exact) mass is 328 g/mol. The van der Waals surface area contributed by atoms with Crippen LogP contribution in [-0.4, -0.2) is 48.2 Å². The topological polar surface area (TPSA) is 60.9 Å². The number of nitrogens with zero attached hydrogens (tertiary/aromatic N) is 2. The number of rotatable bonds is 5. The highest BCUT2D eigenvalue weighted by atomic mass is 16.5. The summed E-state index contributed by atoms with van der Waals surface area (Å²) in [6, 6.07) is 12.7. The Morgan fingerprint density at radius 2 is 2.17 bits per heavy atom. The molecule has 1 unspecified atom stereocenters. The van der Waals surface area contributed by atoms with Gasteiger partial charge in [0.2, 0.25) is 5.88 Å². The molecule has 1 amide bonds. The summed E-state index contributed by atoms with van der Waals surface area (Å²) in [6.07, 6.45) is 1.66. The molecule has 0 spiro atoms. The maximum Gasteiger partial charge on any atom is 0.260 e. The van der Waals surface area contributed by atoms with Crippen LogP contribution in [0.1, 0.15) is 6.92 Å². The zero-order valence-electron chi connectivity index (χ0n) is 13.6. The average Bonchev–Trinajstić information content (AvgIpc) is 2.61. The molecule has 0 N–H and O–H groups in total. The van der Waals surface area contributed by atoms with Crippen LogP contribution in [-0.2, 0) is 9.53 Å². The Balaban J connectivity index is 1.57. The second kappa shape index (κ2) is 7.79. The van der Waals surface area contributed by atoms with Gasteiger partial charge in [0.25, 0.3) is 5.91 Å². The number of pyridine rings is 1. The molecule has 1 atom stereocenters. The van der Waals surface area contributed by atoms with E-state index in [9.17, 15) is 4.79 Å². The molecular weight excluding hydrogens is 308 g/mol. The molecule has 0 aliphatic carbocycles. The summed E-state index contributed by atoms with van der Waals surface area (Å²) in [5.74, 6) is 1.66. The summed E-state index contributed by atoms with van der Waals surface area (Å²) in [6.45, 7) is 3.71. The fraction of sp³-hybridized carbons (Fsp3) is 0.333. The Bertz CT molecular complexity index is 678. The van der Waals surface area contributed by atoms with Crippen LogP contribution in [0.3, 0.4) is 0 Å². The van der Waals surface area contributed by atoms with Crippen LogP contribution < -0.4 is 9.47 Å². The zero-order valence-corrected chi connectivity index (χ0v) is 13.6. The fourth-order valence-corrected chi connectivity index (χ4v) is 2.48. The van der Waals surface area contributed by atoms with Gasteiger partial charge in [0.1, 0.15) is 11.5 Å². The molecule has 6 nitrogen and oxygen atoms in total. The molecule has 0 radical (unpaired) electrons. The number of ether oxygens (including phenoxy) is 3. The van der Waals surface area contributed by atoms with E-state index in [-0.39, 0.29) is 18.6 Å². The van der Waals surface area contributed by atoms with E-state index in [2.05, 4.69) is 4.98 Å². The molecule has 0 bridgehead atoms. The third kappa shape index (κ3) is 4.23. The van der Waals surface area contributed by atoms with Gasteiger partial charge in [-0.3, -0.25) is 4.79 Å². The quantitative estimate of drug-likeness (QED) is 0.844. The van der Waals surface area contributed by atoms with Gasteiger partial charge in [-0.15, -0.1) is 0 Å². The van der Waals surface area contributed by atoms with E-state index in [4.69, 9.17) is 14.2 Å². The van der Waals surface area contributed by atoms with Gasteiger partial charge in [0, 0.05) is 24.9 Å². The van der Waals surface area contributed by atoms with E-state index in [0.717, 1.165) is 0 Å². The lowest BCUT2D eigenvalue weighted by Gasteiger charge is -2.33. The lowest BCUT2D eigenvalue weighted by Crippen LogP contribution is -2.48. The van der Waals surface area contributed by atoms with Crippen molar-refractivity contribution in [1.29, 1.82) is 0 Å². The van der Waals surface area contributed by atoms with E-state index in [1.54, 1.807) is 29.3 Å². The van der Waals surface area contributed by atoms with Crippen molar-refractivity contribution in [3.05, 3.63) is 48.7 Å². The number of carbonyl (C=O) groups is 1. The summed E-state index contributed by atoms with van der Waals surface area (Å²) in [5, 5.41) is 0. The van der Waals surface area contributed by atoms with Crippen LogP contribution in [0, 0.1) is 0 Å².